The van der Waals surface area contributed by atoms with E-state index in [0.29, 0.717) is 23.8 Å². The van der Waals surface area contributed by atoms with Crippen molar-refractivity contribution in [2.75, 3.05) is 31.5 Å². The zero-order valence-electron chi connectivity index (χ0n) is 15.5. The third kappa shape index (κ3) is 4.35. The Bertz CT molecular complexity index is 921. The predicted octanol–water partition coefficient (Wildman–Crippen LogP) is 3.88. The summed E-state index contributed by atoms with van der Waals surface area (Å²) in [6.07, 6.45) is 3.53. The number of piperazine rings is 1. The van der Waals surface area contributed by atoms with Gasteiger partial charge in [0.15, 0.2) is 0 Å². The van der Waals surface area contributed by atoms with Gasteiger partial charge < -0.3 is 10.2 Å². The van der Waals surface area contributed by atoms with Gasteiger partial charge in [0.1, 0.15) is 0 Å². The lowest BCUT2D eigenvalue weighted by atomic mass is 10.2. The maximum atomic E-state index is 12.6. The van der Waals surface area contributed by atoms with Gasteiger partial charge in [0, 0.05) is 50.8 Å². The fourth-order valence-corrected chi connectivity index (χ4v) is 3.60. The molecular formula is C21H22ClN5O. The molecule has 3 aromatic rings. The van der Waals surface area contributed by atoms with Gasteiger partial charge in [-0.3, -0.25) is 4.90 Å². The number of hydrogen-bond acceptors (Lipinski definition) is 3. The highest BCUT2D eigenvalue weighted by molar-refractivity contribution is 6.32. The monoisotopic (exact) mass is 395 g/mol. The fourth-order valence-electron chi connectivity index (χ4n) is 3.33. The van der Waals surface area contributed by atoms with Crippen molar-refractivity contribution in [3.05, 3.63) is 77.6 Å². The number of anilines is 1. The van der Waals surface area contributed by atoms with E-state index in [0.717, 1.165) is 25.3 Å². The number of carbonyl (C=O) groups is 1. The lowest BCUT2D eigenvalue weighted by molar-refractivity contribution is 0.143. The largest absolute Gasteiger partial charge is 0.322 e. The van der Waals surface area contributed by atoms with Crippen LogP contribution in [0.2, 0.25) is 5.02 Å². The lowest BCUT2D eigenvalue weighted by Crippen LogP contribution is -2.49. The molecule has 1 fully saturated rings. The molecule has 6 nitrogen and oxygen atoms in total. The Labute approximate surface area is 169 Å². The fraction of sp³-hybridized carbons (Fsp3) is 0.238. The predicted molar refractivity (Wildman–Crippen MR) is 111 cm³/mol. The molecule has 0 radical (unpaired) electrons. The summed E-state index contributed by atoms with van der Waals surface area (Å²) >= 11 is 6.35. The number of amides is 2. The summed E-state index contributed by atoms with van der Waals surface area (Å²) in [7, 11) is 0. The van der Waals surface area contributed by atoms with Crippen LogP contribution in [0.3, 0.4) is 0 Å². The molecule has 1 aliphatic rings. The molecule has 1 N–H and O–H groups in total. The molecule has 144 valence electrons. The van der Waals surface area contributed by atoms with Crippen molar-refractivity contribution in [1.82, 2.24) is 19.6 Å². The van der Waals surface area contributed by atoms with Gasteiger partial charge in [-0.25, -0.2) is 9.48 Å². The van der Waals surface area contributed by atoms with Gasteiger partial charge in [-0.2, -0.15) is 5.10 Å². The number of rotatable bonds is 4. The van der Waals surface area contributed by atoms with Crippen molar-refractivity contribution in [3.63, 3.8) is 0 Å². The molecule has 1 aliphatic heterocycles. The average molecular weight is 396 g/mol. The first kappa shape index (κ1) is 18.5. The second kappa shape index (κ2) is 8.46. The van der Waals surface area contributed by atoms with Crippen LogP contribution in [0.1, 0.15) is 5.56 Å². The van der Waals surface area contributed by atoms with Crippen molar-refractivity contribution >= 4 is 23.3 Å². The van der Waals surface area contributed by atoms with Gasteiger partial charge in [0.2, 0.25) is 0 Å². The standard InChI is InChI=1S/C21H22ClN5O/c22-19-15-18(7-8-20(19)27-10-4-9-23-27)24-21(28)26-13-11-25(12-14-26)16-17-5-2-1-3-6-17/h1-10,15H,11-14,16H2,(H,24,28). The minimum absolute atomic E-state index is 0.0951. The molecule has 2 amide bonds. The Morgan fingerprint density at radius 1 is 1.04 bits per heavy atom. The molecule has 0 atom stereocenters. The number of nitrogens with zero attached hydrogens (tertiary/aromatic N) is 4. The topological polar surface area (TPSA) is 53.4 Å². The molecule has 4 rings (SSSR count). The Morgan fingerprint density at radius 3 is 2.50 bits per heavy atom. The third-order valence-electron chi connectivity index (χ3n) is 4.86. The van der Waals surface area contributed by atoms with E-state index in [-0.39, 0.29) is 6.03 Å². The van der Waals surface area contributed by atoms with Crippen LogP contribution in [-0.4, -0.2) is 51.8 Å². The van der Waals surface area contributed by atoms with Gasteiger partial charge in [-0.05, 0) is 29.8 Å². The smallest absolute Gasteiger partial charge is 0.321 e. The van der Waals surface area contributed by atoms with Crippen LogP contribution in [0.4, 0.5) is 10.5 Å². The number of benzene rings is 2. The third-order valence-corrected chi connectivity index (χ3v) is 5.16. The second-order valence-electron chi connectivity index (χ2n) is 6.80. The quantitative estimate of drug-likeness (QED) is 0.729. The van der Waals surface area contributed by atoms with Gasteiger partial charge in [-0.1, -0.05) is 41.9 Å². The van der Waals surface area contributed by atoms with E-state index >= 15 is 0 Å². The first-order chi connectivity index (χ1) is 13.7. The van der Waals surface area contributed by atoms with Crippen LogP contribution in [0.5, 0.6) is 0 Å². The summed E-state index contributed by atoms with van der Waals surface area (Å²) in [4.78, 5) is 16.8. The minimum atomic E-state index is -0.0951. The summed E-state index contributed by atoms with van der Waals surface area (Å²) in [6, 6.07) is 17.6. The highest BCUT2D eigenvalue weighted by atomic mass is 35.5. The van der Waals surface area contributed by atoms with Gasteiger partial charge in [0.25, 0.3) is 0 Å². The summed E-state index contributed by atoms with van der Waals surface area (Å²) in [5, 5.41) is 7.66. The van der Waals surface area contributed by atoms with E-state index in [1.54, 1.807) is 16.9 Å². The number of urea groups is 1. The van der Waals surface area contributed by atoms with Crippen LogP contribution in [0.25, 0.3) is 5.69 Å². The van der Waals surface area contributed by atoms with Crippen molar-refractivity contribution in [2.24, 2.45) is 0 Å². The summed E-state index contributed by atoms with van der Waals surface area (Å²) < 4.78 is 1.69. The zero-order valence-corrected chi connectivity index (χ0v) is 16.2. The lowest BCUT2D eigenvalue weighted by Gasteiger charge is -2.34. The van der Waals surface area contributed by atoms with Gasteiger partial charge in [0.05, 0.1) is 10.7 Å². The molecule has 1 saturated heterocycles. The molecule has 2 heterocycles. The highest BCUT2D eigenvalue weighted by Crippen LogP contribution is 2.24. The number of nitrogens with one attached hydrogen (secondary N) is 1. The van der Waals surface area contributed by atoms with E-state index in [4.69, 9.17) is 11.6 Å². The van der Waals surface area contributed by atoms with Crippen LogP contribution in [0.15, 0.2) is 67.0 Å². The normalized spacial score (nSPS) is 14.8. The molecule has 2 aromatic carbocycles. The zero-order chi connectivity index (χ0) is 19.3. The van der Waals surface area contributed by atoms with E-state index in [9.17, 15) is 4.79 Å². The average Bonchev–Trinajstić information content (AvgIpc) is 3.24. The summed E-state index contributed by atoms with van der Waals surface area (Å²) in [5.41, 5.74) is 2.75. The van der Waals surface area contributed by atoms with Crippen molar-refractivity contribution in [2.45, 2.75) is 6.54 Å². The molecular weight excluding hydrogens is 374 g/mol. The van der Waals surface area contributed by atoms with Gasteiger partial charge >= 0.3 is 6.03 Å². The Hall–Kier alpha value is -2.83. The number of carbonyl (C=O) groups excluding carboxylic acids is 1. The molecule has 7 heteroatoms. The van der Waals surface area contributed by atoms with E-state index in [1.165, 1.54) is 5.56 Å². The Morgan fingerprint density at radius 2 is 1.82 bits per heavy atom. The van der Waals surface area contributed by atoms with E-state index in [1.807, 2.05) is 35.4 Å². The second-order valence-corrected chi connectivity index (χ2v) is 7.20. The van der Waals surface area contributed by atoms with Crippen molar-refractivity contribution in [3.8, 4) is 5.69 Å². The molecule has 0 unspecified atom stereocenters. The van der Waals surface area contributed by atoms with Crippen LogP contribution in [0, 0.1) is 0 Å². The Balaban J connectivity index is 1.32. The summed E-state index contributed by atoms with van der Waals surface area (Å²) in [6.45, 7) is 4.05. The van der Waals surface area contributed by atoms with Crippen molar-refractivity contribution < 1.29 is 4.79 Å². The molecule has 0 aliphatic carbocycles. The number of hydrogen-bond donors (Lipinski definition) is 1. The van der Waals surface area contributed by atoms with Crippen molar-refractivity contribution in [1.29, 1.82) is 0 Å². The molecule has 0 spiro atoms. The molecule has 0 saturated carbocycles. The van der Waals surface area contributed by atoms with Gasteiger partial charge in [-0.15, -0.1) is 0 Å². The van der Waals surface area contributed by atoms with Crippen LogP contribution in [-0.2, 0) is 6.54 Å². The Kier molecular flexibility index (Phi) is 5.60. The highest BCUT2D eigenvalue weighted by Gasteiger charge is 2.21. The summed E-state index contributed by atoms with van der Waals surface area (Å²) in [5.74, 6) is 0. The van der Waals surface area contributed by atoms with Crippen LogP contribution >= 0.6 is 11.6 Å². The molecule has 0 bridgehead atoms. The minimum Gasteiger partial charge on any atom is -0.322 e. The molecule has 1 aromatic heterocycles. The first-order valence-corrected chi connectivity index (χ1v) is 9.68. The molecule has 28 heavy (non-hydrogen) atoms. The van der Waals surface area contributed by atoms with E-state index < -0.39 is 0 Å². The SMILES string of the molecule is O=C(Nc1ccc(-n2cccn2)c(Cl)c1)N1CCN(Cc2ccccc2)CC1. The maximum absolute atomic E-state index is 12.6. The maximum Gasteiger partial charge on any atom is 0.321 e. The van der Waals surface area contributed by atoms with Crippen LogP contribution < -0.4 is 5.32 Å². The number of halogens is 1. The van der Waals surface area contributed by atoms with E-state index in [2.05, 4.69) is 39.6 Å². The first-order valence-electron chi connectivity index (χ1n) is 9.31. The number of aromatic nitrogens is 2.